The zero-order valence-corrected chi connectivity index (χ0v) is 10.4. The second-order valence-corrected chi connectivity index (χ2v) is 5.03. The second-order valence-electron chi connectivity index (χ2n) is 5.03. The molecule has 16 heavy (non-hydrogen) atoms. The third-order valence-corrected chi connectivity index (χ3v) is 2.96. The third kappa shape index (κ3) is 3.51. The third-order valence-electron chi connectivity index (χ3n) is 2.96. The fourth-order valence-corrected chi connectivity index (χ4v) is 1.79. The molecule has 1 aliphatic rings. The lowest BCUT2D eigenvalue weighted by Crippen LogP contribution is -2.43. The SMILES string of the molecule is COC(=O)[C@@H](CC(C)C)NC(=O)[C@H]1C[C@@H]1C. The summed E-state index contributed by atoms with van der Waals surface area (Å²) in [6, 6.07) is -0.495. The number of hydrogen-bond donors (Lipinski definition) is 1. The molecule has 4 nitrogen and oxygen atoms in total. The minimum atomic E-state index is -0.495. The maximum atomic E-state index is 11.7. The van der Waals surface area contributed by atoms with E-state index in [1.807, 2.05) is 20.8 Å². The smallest absolute Gasteiger partial charge is 0.328 e. The number of nitrogens with one attached hydrogen (secondary N) is 1. The predicted octanol–water partition coefficient (Wildman–Crippen LogP) is 1.35. The Hall–Kier alpha value is -1.06. The van der Waals surface area contributed by atoms with Crippen molar-refractivity contribution in [3.05, 3.63) is 0 Å². The molecule has 0 aromatic heterocycles. The normalized spacial score (nSPS) is 25.1. The molecule has 1 fully saturated rings. The van der Waals surface area contributed by atoms with Crippen LogP contribution in [0.3, 0.4) is 0 Å². The summed E-state index contributed by atoms with van der Waals surface area (Å²) >= 11 is 0. The molecule has 0 saturated heterocycles. The lowest BCUT2D eigenvalue weighted by molar-refractivity contribution is -0.145. The van der Waals surface area contributed by atoms with E-state index in [0.717, 1.165) is 6.42 Å². The van der Waals surface area contributed by atoms with E-state index in [2.05, 4.69) is 10.1 Å². The lowest BCUT2D eigenvalue weighted by Gasteiger charge is -2.18. The van der Waals surface area contributed by atoms with Gasteiger partial charge < -0.3 is 10.1 Å². The molecule has 0 heterocycles. The van der Waals surface area contributed by atoms with Crippen LogP contribution in [-0.2, 0) is 14.3 Å². The van der Waals surface area contributed by atoms with Crippen LogP contribution in [-0.4, -0.2) is 25.0 Å². The van der Waals surface area contributed by atoms with Crippen LogP contribution in [0.25, 0.3) is 0 Å². The highest BCUT2D eigenvalue weighted by atomic mass is 16.5. The number of hydrogen-bond acceptors (Lipinski definition) is 3. The molecule has 0 unspecified atom stereocenters. The van der Waals surface area contributed by atoms with Gasteiger partial charge >= 0.3 is 5.97 Å². The fraction of sp³-hybridized carbons (Fsp3) is 0.833. The van der Waals surface area contributed by atoms with Crippen molar-refractivity contribution in [2.75, 3.05) is 7.11 Å². The van der Waals surface area contributed by atoms with Crippen molar-refractivity contribution in [2.24, 2.45) is 17.8 Å². The number of methoxy groups -OCH3 is 1. The molecule has 92 valence electrons. The van der Waals surface area contributed by atoms with E-state index in [0.29, 0.717) is 18.3 Å². The minimum absolute atomic E-state index is 0.0106. The Kier molecular flexibility index (Phi) is 4.33. The first-order valence-corrected chi connectivity index (χ1v) is 5.84. The predicted molar refractivity (Wildman–Crippen MR) is 60.7 cm³/mol. The Morgan fingerprint density at radius 1 is 1.44 bits per heavy atom. The van der Waals surface area contributed by atoms with Crippen LogP contribution >= 0.6 is 0 Å². The Balaban J connectivity index is 2.49. The number of rotatable bonds is 5. The van der Waals surface area contributed by atoms with Crippen LogP contribution < -0.4 is 5.32 Å². The lowest BCUT2D eigenvalue weighted by atomic mass is 10.0. The van der Waals surface area contributed by atoms with Crippen molar-refractivity contribution in [2.45, 2.75) is 39.7 Å². The van der Waals surface area contributed by atoms with E-state index in [9.17, 15) is 9.59 Å². The van der Waals surface area contributed by atoms with E-state index < -0.39 is 6.04 Å². The number of ether oxygens (including phenoxy) is 1. The monoisotopic (exact) mass is 227 g/mol. The molecule has 0 aliphatic heterocycles. The van der Waals surface area contributed by atoms with Crippen molar-refractivity contribution >= 4 is 11.9 Å². The van der Waals surface area contributed by atoms with Gasteiger partial charge in [-0.3, -0.25) is 4.79 Å². The first-order valence-electron chi connectivity index (χ1n) is 5.84. The topological polar surface area (TPSA) is 55.4 Å². The average Bonchev–Trinajstić information content (AvgIpc) is 2.92. The summed E-state index contributed by atoms with van der Waals surface area (Å²) in [5, 5.41) is 2.78. The molecule has 0 aromatic rings. The zero-order valence-electron chi connectivity index (χ0n) is 10.4. The van der Waals surface area contributed by atoms with Gasteiger partial charge in [0.15, 0.2) is 0 Å². The maximum absolute atomic E-state index is 11.7. The highest BCUT2D eigenvalue weighted by molar-refractivity contribution is 5.87. The van der Waals surface area contributed by atoms with Gasteiger partial charge in [-0.15, -0.1) is 0 Å². The highest BCUT2D eigenvalue weighted by Gasteiger charge is 2.40. The van der Waals surface area contributed by atoms with Gasteiger partial charge in [-0.2, -0.15) is 0 Å². The van der Waals surface area contributed by atoms with Crippen LogP contribution in [0.5, 0.6) is 0 Å². The minimum Gasteiger partial charge on any atom is -0.467 e. The van der Waals surface area contributed by atoms with Gasteiger partial charge in [0.05, 0.1) is 7.11 Å². The van der Waals surface area contributed by atoms with E-state index in [4.69, 9.17) is 0 Å². The van der Waals surface area contributed by atoms with Gasteiger partial charge in [-0.25, -0.2) is 4.79 Å². The summed E-state index contributed by atoms with van der Waals surface area (Å²) in [6.07, 6.45) is 1.56. The van der Waals surface area contributed by atoms with Crippen molar-refractivity contribution in [3.8, 4) is 0 Å². The first kappa shape index (κ1) is 13.0. The van der Waals surface area contributed by atoms with Gasteiger partial charge in [0.1, 0.15) is 6.04 Å². The Bertz CT molecular complexity index is 275. The largest absolute Gasteiger partial charge is 0.467 e. The van der Waals surface area contributed by atoms with E-state index in [1.54, 1.807) is 0 Å². The van der Waals surface area contributed by atoms with Gasteiger partial charge in [-0.1, -0.05) is 20.8 Å². The molecular formula is C12H21NO3. The molecule has 0 bridgehead atoms. The summed E-state index contributed by atoms with van der Waals surface area (Å²) in [5.74, 6) is 0.539. The molecule has 4 heteroatoms. The van der Waals surface area contributed by atoms with E-state index in [-0.39, 0.29) is 17.8 Å². The van der Waals surface area contributed by atoms with Gasteiger partial charge in [0.2, 0.25) is 5.91 Å². The van der Waals surface area contributed by atoms with Gasteiger partial charge in [0.25, 0.3) is 0 Å². The van der Waals surface area contributed by atoms with Gasteiger partial charge in [-0.05, 0) is 24.7 Å². The Labute approximate surface area is 96.7 Å². The number of carbonyl (C=O) groups is 2. The summed E-state index contributed by atoms with van der Waals surface area (Å²) in [7, 11) is 1.35. The summed E-state index contributed by atoms with van der Waals surface area (Å²) in [4.78, 5) is 23.2. The molecule has 1 aliphatic carbocycles. The van der Waals surface area contributed by atoms with Crippen molar-refractivity contribution in [1.82, 2.24) is 5.32 Å². The maximum Gasteiger partial charge on any atom is 0.328 e. The molecule has 1 amide bonds. The number of carbonyl (C=O) groups excluding carboxylic acids is 2. The Morgan fingerprint density at radius 3 is 2.38 bits per heavy atom. The van der Waals surface area contributed by atoms with Crippen molar-refractivity contribution in [1.29, 1.82) is 0 Å². The van der Waals surface area contributed by atoms with E-state index >= 15 is 0 Å². The quantitative estimate of drug-likeness (QED) is 0.721. The van der Waals surface area contributed by atoms with Crippen LogP contribution in [0.2, 0.25) is 0 Å². The van der Waals surface area contributed by atoms with Crippen molar-refractivity contribution in [3.63, 3.8) is 0 Å². The molecular weight excluding hydrogens is 206 g/mol. The fourth-order valence-electron chi connectivity index (χ4n) is 1.79. The van der Waals surface area contributed by atoms with Crippen molar-refractivity contribution < 1.29 is 14.3 Å². The summed E-state index contributed by atoms with van der Waals surface area (Å²) in [5.41, 5.74) is 0. The standard InChI is InChI=1S/C12H21NO3/c1-7(2)5-10(12(15)16-4)13-11(14)9-6-8(9)3/h7-10H,5-6H2,1-4H3,(H,13,14)/t8-,9-,10+/m0/s1. The van der Waals surface area contributed by atoms with Crippen LogP contribution in [0.4, 0.5) is 0 Å². The second kappa shape index (κ2) is 5.32. The van der Waals surface area contributed by atoms with Gasteiger partial charge in [0, 0.05) is 5.92 Å². The highest BCUT2D eigenvalue weighted by Crippen LogP contribution is 2.37. The van der Waals surface area contributed by atoms with Crippen LogP contribution in [0.1, 0.15) is 33.6 Å². The molecule has 0 aromatic carbocycles. The molecule has 3 atom stereocenters. The summed E-state index contributed by atoms with van der Waals surface area (Å²) in [6.45, 7) is 6.07. The number of esters is 1. The molecule has 1 rings (SSSR count). The average molecular weight is 227 g/mol. The zero-order chi connectivity index (χ0) is 12.3. The van der Waals surface area contributed by atoms with E-state index in [1.165, 1.54) is 7.11 Å². The number of amides is 1. The molecule has 0 radical (unpaired) electrons. The molecule has 1 N–H and O–H groups in total. The van der Waals surface area contributed by atoms with Crippen LogP contribution in [0.15, 0.2) is 0 Å². The first-order chi connectivity index (χ1) is 7.45. The molecule has 0 spiro atoms. The van der Waals surface area contributed by atoms with Crippen LogP contribution in [0, 0.1) is 17.8 Å². The Morgan fingerprint density at radius 2 is 2.00 bits per heavy atom. The summed E-state index contributed by atoms with van der Waals surface area (Å²) < 4.78 is 4.69. The molecule has 1 saturated carbocycles.